The molecule has 11 nitrogen and oxygen atoms in total. The van der Waals surface area contributed by atoms with Gasteiger partial charge in [0, 0.05) is 56.7 Å². The molecular formula is C30H37ClN6O5. The maximum absolute atomic E-state index is 13.7. The van der Waals surface area contributed by atoms with E-state index in [1.165, 1.54) is 9.80 Å². The van der Waals surface area contributed by atoms with Gasteiger partial charge in [0.2, 0.25) is 29.5 Å². The number of carbonyl (C=O) groups is 5. The second-order valence-corrected chi connectivity index (χ2v) is 11.1. The SMILES string of the molecule is Cc1cc(NC(=O)[C@H](CCN)NC(=O)[C@@H]2Cc3ccccc3CN2C(=O)CCC(=O)N2CCN(C)C(=O)C2)ccc1Cl. The van der Waals surface area contributed by atoms with Crippen LogP contribution in [0.3, 0.4) is 0 Å². The number of hydrogen-bond donors (Lipinski definition) is 3. The number of nitrogens with zero attached hydrogens (tertiary/aromatic N) is 3. The van der Waals surface area contributed by atoms with Gasteiger partial charge in [-0.25, -0.2) is 0 Å². The zero-order valence-electron chi connectivity index (χ0n) is 23.9. The first-order valence-electron chi connectivity index (χ1n) is 14.0. The smallest absolute Gasteiger partial charge is 0.246 e. The summed E-state index contributed by atoms with van der Waals surface area (Å²) in [4.78, 5) is 69.5. The van der Waals surface area contributed by atoms with Crippen molar-refractivity contribution < 1.29 is 24.0 Å². The second-order valence-electron chi connectivity index (χ2n) is 10.7. The van der Waals surface area contributed by atoms with Crippen LogP contribution in [-0.2, 0) is 36.9 Å². The van der Waals surface area contributed by atoms with Crippen molar-refractivity contribution in [1.82, 2.24) is 20.0 Å². The standard InChI is InChI=1S/C30H37ClN6O5/c1-19-15-22(7-8-23(19)31)33-29(41)24(11-12-32)34-30(42)25-16-20-5-3-4-6-21(20)17-37(25)27(39)10-9-26(38)36-14-13-35(2)28(40)18-36/h3-8,15,24-25H,9-14,16-18,32H2,1-2H3,(H,33,41)(H,34,42)/t24-,25-/m0/s1. The molecule has 0 aromatic heterocycles. The molecule has 2 aliphatic heterocycles. The molecule has 12 heteroatoms. The lowest BCUT2D eigenvalue weighted by atomic mass is 9.92. The van der Waals surface area contributed by atoms with Crippen molar-refractivity contribution in [1.29, 1.82) is 0 Å². The van der Waals surface area contributed by atoms with Gasteiger partial charge < -0.3 is 31.1 Å². The largest absolute Gasteiger partial charge is 0.342 e. The maximum atomic E-state index is 13.7. The summed E-state index contributed by atoms with van der Waals surface area (Å²) in [5.74, 6) is -1.69. The van der Waals surface area contributed by atoms with E-state index in [1.54, 1.807) is 30.1 Å². The minimum absolute atomic E-state index is 0.00811. The third-order valence-electron chi connectivity index (χ3n) is 7.75. The van der Waals surface area contributed by atoms with E-state index in [2.05, 4.69) is 10.6 Å². The van der Waals surface area contributed by atoms with Crippen LogP contribution in [0.5, 0.6) is 0 Å². The molecule has 0 unspecified atom stereocenters. The van der Waals surface area contributed by atoms with Gasteiger partial charge in [0.25, 0.3) is 0 Å². The Bertz CT molecular complexity index is 1370. The molecule has 2 atom stereocenters. The summed E-state index contributed by atoms with van der Waals surface area (Å²) in [6.07, 6.45) is 0.288. The van der Waals surface area contributed by atoms with E-state index < -0.39 is 23.9 Å². The van der Waals surface area contributed by atoms with Crippen LogP contribution >= 0.6 is 11.6 Å². The lowest BCUT2D eigenvalue weighted by molar-refractivity contribution is -0.146. The van der Waals surface area contributed by atoms with Crippen molar-refractivity contribution in [3.63, 3.8) is 0 Å². The van der Waals surface area contributed by atoms with Gasteiger partial charge in [-0.05, 0) is 54.8 Å². The Morgan fingerprint density at radius 1 is 1.02 bits per heavy atom. The minimum Gasteiger partial charge on any atom is -0.342 e. The molecule has 2 aromatic carbocycles. The van der Waals surface area contributed by atoms with Crippen molar-refractivity contribution >= 4 is 46.8 Å². The highest BCUT2D eigenvalue weighted by Crippen LogP contribution is 2.25. The van der Waals surface area contributed by atoms with Crippen LogP contribution in [0, 0.1) is 6.92 Å². The van der Waals surface area contributed by atoms with Crippen LogP contribution in [0.2, 0.25) is 5.02 Å². The van der Waals surface area contributed by atoms with Crippen LogP contribution < -0.4 is 16.4 Å². The van der Waals surface area contributed by atoms with E-state index >= 15 is 0 Å². The molecule has 224 valence electrons. The van der Waals surface area contributed by atoms with Crippen molar-refractivity contribution in [3.05, 3.63) is 64.2 Å². The number of piperazine rings is 1. The fraction of sp³-hybridized carbons (Fsp3) is 0.433. The zero-order chi connectivity index (χ0) is 30.4. The van der Waals surface area contributed by atoms with Gasteiger partial charge in [-0.3, -0.25) is 24.0 Å². The first-order chi connectivity index (χ1) is 20.1. The molecule has 4 N–H and O–H groups in total. The molecule has 2 aliphatic rings. The Morgan fingerprint density at radius 3 is 2.43 bits per heavy atom. The summed E-state index contributed by atoms with van der Waals surface area (Å²) in [7, 11) is 1.69. The quantitative estimate of drug-likeness (QED) is 0.400. The highest BCUT2D eigenvalue weighted by molar-refractivity contribution is 6.31. The summed E-state index contributed by atoms with van der Waals surface area (Å²) >= 11 is 6.10. The summed E-state index contributed by atoms with van der Waals surface area (Å²) in [5, 5.41) is 6.18. The monoisotopic (exact) mass is 596 g/mol. The van der Waals surface area contributed by atoms with E-state index in [0.717, 1.165) is 16.7 Å². The first-order valence-corrected chi connectivity index (χ1v) is 14.4. The van der Waals surface area contributed by atoms with Gasteiger partial charge in [0.15, 0.2) is 0 Å². The van der Waals surface area contributed by atoms with Gasteiger partial charge in [0.05, 0.1) is 6.54 Å². The average Bonchev–Trinajstić information content (AvgIpc) is 2.98. The number of rotatable bonds is 9. The van der Waals surface area contributed by atoms with Crippen molar-refractivity contribution in [3.8, 4) is 0 Å². The first kappa shape index (κ1) is 31.0. The Hall–Kier alpha value is -3.96. The van der Waals surface area contributed by atoms with Gasteiger partial charge in [0.1, 0.15) is 12.1 Å². The van der Waals surface area contributed by atoms with Crippen LogP contribution in [0.1, 0.15) is 36.0 Å². The summed E-state index contributed by atoms with van der Waals surface area (Å²) in [6.45, 7) is 3.03. The number of anilines is 1. The molecule has 4 rings (SSSR count). The van der Waals surface area contributed by atoms with Crippen LogP contribution in [0.15, 0.2) is 42.5 Å². The molecule has 0 radical (unpaired) electrons. The molecule has 2 aromatic rings. The van der Waals surface area contributed by atoms with Gasteiger partial charge in [-0.1, -0.05) is 35.9 Å². The third kappa shape index (κ3) is 7.46. The van der Waals surface area contributed by atoms with Crippen LogP contribution in [0.4, 0.5) is 5.69 Å². The Labute approximate surface area is 250 Å². The number of nitrogens with one attached hydrogen (secondary N) is 2. The summed E-state index contributed by atoms with van der Waals surface area (Å²) in [6, 6.07) is 10.9. The summed E-state index contributed by atoms with van der Waals surface area (Å²) in [5.41, 5.74) is 8.95. The number of nitrogens with two attached hydrogens (primary N) is 1. The zero-order valence-corrected chi connectivity index (χ0v) is 24.7. The average molecular weight is 597 g/mol. The molecule has 0 bridgehead atoms. The predicted octanol–water partition coefficient (Wildman–Crippen LogP) is 1.45. The minimum atomic E-state index is -0.927. The normalized spacial score (nSPS) is 17.4. The lowest BCUT2D eigenvalue weighted by Gasteiger charge is -2.37. The molecule has 2 heterocycles. The number of fused-ring (bicyclic) bond motifs is 1. The molecule has 0 spiro atoms. The maximum Gasteiger partial charge on any atom is 0.246 e. The number of likely N-dealkylation sites (N-methyl/N-ethyl adjacent to an activating group) is 1. The van der Waals surface area contributed by atoms with Crippen molar-refractivity contribution in [2.75, 3.05) is 38.5 Å². The van der Waals surface area contributed by atoms with Gasteiger partial charge in [-0.15, -0.1) is 0 Å². The number of benzene rings is 2. The number of halogens is 1. The second kappa shape index (κ2) is 13.8. The highest BCUT2D eigenvalue weighted by atomic mass is 35.5. The Balaban J connectivity index is 1.45. The van der Waals surface area contributed by atoms with E-state index in [9.17, 15) is 24.0 Å². The molecule has 0 saturated carbocycles. The fourth-order valence-corrected chi connectivity index (χ4v) is 5.28. The highest BCUT2D eigenvalue weighted by Gasteiger charge is 2.36. The third-order valence-corrected chi connectivity index (χ3v) is 8.17. The van der Waals surface area contributed by atoms with Crippen molar-refractivity contribution in [2.24, 2.45) is 5.73 Å². The topological polar surface area (TPSA) is 145 Å². The number of hydrogen-bond acceptors (Lipinski definition) is 6. The predicted molar refractivity (Wildman–Crippen MR) is 158 cm³/mol. The number of aryl methyl sites for hydroxylation is 1. The van der Waals surface area contributed by atoms with Crippen LogP contribution in [-0.4, -0.2) is 89.5 Å². The Morgan fingerprint density at radius 2 is 1.74 bits per heavy atom. The van der Waals surface area contributed by atoms with Gasteiger partial charge >= 0.3 is 0 Å². The fourth-order valence-electron chi connectivity index (χ4n) is 5.16. The molecule has 0 aliphatic carbocycles. The van der Waals surface area contributed by atoms with Gasteiger partial charge in [-0.2, -0.15) is 0 Å². The van der Waals surface area contributed by atoms with E-state index in [-0.39, 0.29) is 63.0 Å². The van der Waals surface area contributed by atoms with Crippen molar-refractivity contribution in [2.45, 2.75) is 51.2 Å². The van der Waals surface area contributed by atoms with E-state index in [0.29, 0.717) is 23.8 Å². The lowest BCUT2D eigenvalue weighted by Crippen LogP contribution is -2.56. The summed E-state index contributed by atoms with van der Waals surface area (Å²) < 4.78 is 0. The molecule has 42 heavy (non-hydrogen) atoms. The van der Waals surface area contributed by atoms with E-state index in [1.807, 2.05) is 31.2 Å². The molecule has 1 saturated heterocycles. The Kier molecular flexibility index (Phi) is 10.2. The molecule has 1 fully saturated rings. The molecular weight excluding hydrogens is 560 g/mol. The van der Waals surface area contributed by atoms with E-state index in [4.69, 9.17) is 17.3 Å². The number of carbonyl (C=O) groups excluding carboxylic acids is 5. The molecule has 5 amide bonds. The van der Waals surface area contributed by atoms with Crippen LogP contribution in [0.25, 0.3) is 0 Å². The number of amides is 5.